The number of hydrogen-bond donors (Lipinski definition) is 1. The van der Waals surface area contributed by atoms with E-state index >= 15 is 0 Å². The number of rotatable bonds is 8. The topological polar surface area (TPSA) is 29.1 Å². The van der Waals surface area contributed by atoms with Crippen LogP contribution in [0.5, 0.6) is 0 Å². The maximum Gasteiger partial charge on any atom is 0.233 e. The molecule has 1 atom stereocenters. The van der Waals surface area contributed by atoms with Gasteiger partial charge in [0.1, 0.15) is 5.82 Å². The number of halogens is 1. The number of nitrogens with one attached hydrogen (secondary N) is 1. The molecular formula is C19H22FNOS2. The lowest BCUT2D eigenvalue weighted by molar-refractivity contribution is -0.120. The van der Waals surface area contributed by atoms with Gasteiger partial charge in [0.05, 0.1) is 5.25 Å². The van der Waals surface area contributed by atoms with Gasteiger partial charge in [-0.15, -0.1) is 11.8 Å². The van der Waals surface area contributed by atoms with Gasteiger partial charge in [-0.1, -0.05) is 35.9 Å². The fraction of sp³-hybridized carbons (Fsp3) is 0.316. The van der Waals surface area contributed by atoms with Crippen molar-refractivity contribution in [1.82, 2.24) is 5.32 Å². The zero-order chi connectivity index (χ0) is 17.4. The van der Waals surface area contributed by atoms with Gasteiger partial charge in [-0.2, -0.15) is 11.8 Å². The molecule has 0 unspecified atom stereocenters. The summed E-state index contributed by atoms with van der Waals surface area (Å²) in [7, 11) is 0. The average molecular weight is 364 g/mol. The van der Waals surface area contributed by atoms with Crippen molar-refractivity contribution < 1.29 is 9.18 Å². The van der Waals surface area contributed by atoms with Gasteiger partial charge < -0.3 is 5.32 Å². The zero-order valence-corrected chi connectivity index (χ0v) is 15.6. The lowest BCUT2D eigenvalue weighted by atomic mass is 10.2. The van der Waals surface area contributed by atoms with Crippen molar-refractivity contribution in [2.45, 2.75) is 29.7 Å². The molecule has 2 aromatic carbocycles. The summed E-state index contributed by atoms with van der Waals surface area (Å²) in [5, 5.41) is 2.81. The van der Waals surface area contributed by atoms with Crippen LogP contribution in [0, 0.1) is 12.7 Å². The molecule has 5 heteroatoms. The number of thioether (sulfide) groups is 2. The second-order valence-electron chi connectivity index (χ2n) is 5.51. The lowest BCUT2D eigenvalue weighted by Gasteiger charge is -2.12. The van der Waals surface area contributed by atoms with E-state index in [1.165, 1.54) is 11.6 Å². The molecule has 0 aliphatic heterocycles. The van der Waals surface area contributed by atoms with Crippen molar-refractivity contribution in [3.63, 3.8) is 0 Å². The molecule has 2 nitrogen and oxygen atoms in total. The Morgan fingerprint density at radius 3 is 2.58 bits per heavy atom. The molecular weight excluding hydrogens is 341 g/mol. The van der Waals surface area contributed by atoms with Gasteiger partial charge in [0.25, 0.3) is 0 Å². The molecule has 0 saturated carbocycles. The van der Waals surface area contributed by atoms with Crippen LogP contribution in [0.4, 0.5) is 4.39 Å². The first-order valence-corrected chi connectivity index (χ1v) is 9.92. The Morgan fingerprint density at radius 2 is 1.88 bits per heavy atom. The van der Waals surface area contributed by atoms with Gasteiger partial charge in [0, 0.05) is 22.9 Å². The summed E-state index contributed by atoms with van der Waals surface area (Å²) in [5.74, 6) is 1.25. The molecule has 2 aromatic rings. The predicted octanol–water partition coefficient (Wildman–Crippen LogP) is 4.66. The van der Waals surface area contributed by atoms with E-state index in [4.69, 9.17) is 0 Å². The summed E-state index contributed by atoms with van der Waals surface area (Å²) in [5.41, 5.74) is 1.92. The molecule has 0 heterocycles. The fourth-order valence-electron chi connectivity index (χ4n) is 2.06. The van der Waals surface area contributed by atoms with Gasteiger partial charge in [-0.25, -0.2) is 4.39 Å². The van der Waals surface area contributed by atoms with Crippen molar-refractivity contribution in [2.24, 2.45) is 0 Å². The summed E-state index contributed by atoms with van der Waals surface area (Å²) in [4.78, 5) is 13.2. The zero-order valence-electron chi connectivity index (χ0n) is 13.9. The third-order valence-corrected chi connectivity index (χ3v) is 5.58. The largest absolute Gasteiger partial charge is 0.354 e. The predicted molar refractivity (Wildman–Crippen MR) is 102 cm³/mol. The van der Waals surface area contributed by atoms with Crippen molar-refractivity contribution in [3.05, 3.63) is 65.5 Å². The van der Waals surface area contributed by atoms with E-state index in [2.05, 4.69) is 5.32 Å². The number of benzene rings is 2. The summed E-state index contributed by atoms with van der Waals surface area (Å²) < 4.78 is 13.5. The first-order chi connectivity index (χ1) is 11.6. The van der Waals surface area contributed by atoms with Crippen LogP contribution in [0.3, 0.4) is 0 Å². The van der Waals surface area contributed by atoms with Crippen LogP contribution in [0.1, 0.15) is 18.1 Å². The minimum atomic E-state index is -0.169. The highest BCUT2D eigenvalue weighted by Gasteiger charge is 2.13. The third kappa shape index (κ3) is 6.21. The van der Waals surface area contributed by atoms with Crippen molar-refractivity contribution in [1.29, 1.82) is 0 Å². The second-order valence-corrected chi connectivity index (χ2v) is 8.03. The smallest absolute Gasteiger partial charge is 0.233 e. The highest BCUT2D eigenvalue weighted by atomic mass is 32.2. The monoisotopic (exact) mass is 363 g/mol. The number of carbonyl (C=O) groups is 1. The first kappa shape index (κ1) is 18.9. The third-order valence-electron chi connectivity index (χ3n) is 3.46. The van der Waals surface area contributed by atoms with E-state index in [0.717, 1.165) is 10.6 Å². The van der Waals surface area contributed by atoms with E-state index in [1.54, 1.807) is 35.7 Å². The number of aryl methyl sites for hydroxylation is 1. The Balaban J connectivity index is 1.65. The SMILES string of the molecule is Cc1ccc(S[C@@H](C)C(=O)NCCSCc2ccccc2F)cc1. The summed E-state index contributed by atoms with van der Waals surface area (Å²) in [6.45, 7) is 4.55. The number of carbonyl (C=O) groups excluding carboxylic acids is 1. The summed E-state index contributed by atoms with van der Waals surface area (Å²) in [6.07, 6.45) is 0. The Morgan fingerprint density at radius 1 is 1.17 bits per heavy atom. The fourth-order valence-corrected chi connectivity index (χ4v) is 3.80. The van der Waals surface area contributed by atoms with E-state index in [9.17, 15) is 9.18 Å². The lowest BCUT2D eigenvalue weighted by Crippen LogP contribution is -2.32. The van der Waals surface area contributed by atoms with Crippen molar-refractivity contribution in [3.8, 4) is 0 Å². The molecule has 0 fully saturated rings. The molecule has 0 bridgehead atoms. The Labute approximate surface area is 151 Å². The van der Waals surface area contributed by atoms with Gasteiger partial charge in [0.2, 0.25) is 5.91 Å². The second kappa shape index (κ2) is 9.74. The molecule has 24 heavy (non-hydrogen) atoms. The Bertz CT molecular complexity index is 661. The minimum Gasteiger partial charge on any atom is -0.354 e. The van der Waals surface area contributed by atoms with E-state index < -0.39 is 0 Å². The van der Waals surface area contributed by atoms with Crippen LogP contribution in [0.2, 0.25) is 0 Å². The van der Waals surface area contributed by atoms with Gasteiger partial charge >= 0.3 is 0 Å². The van der Waals surface area contributed by atoms with Gasteiger partial charge in [-0.3, -0.25) is 4.79 Å². The first-order valence-electron chi connectivity index (χ1n) is 7.88. The van der Waals surface area contributed by atoms with E-state index in [-0.39, 0.29) is 17.0 Å². The molecule has 128 valence electrons. The molecule has 1 amide bonds. The molecule has 0 aromatic heterocycles. The van der Waals surface area contributed by atoms with Crippen molar-refractivity contribution in [2.75, 3.05) is 12.3 Å². The van der Waals surface area contributed by atoms with E-state index in [0.29, 0.717) is 17.9 Å². The van der Waals surface area contributed by atoms with Crippen LogP contribution in [0.25, 0.3) is 0 Å². The average Bonchev–Trinajstić information content (AvgIpc) is 2.58. The normalized spacial score (nSPS) is 12.0. The molecule has 0 radical (unpaired) electrons. The molecule has 2 rings (SSSR count). The Hall–Kier alpha value is -1.46. The Kier molecular flexibility index (Phi) is 7.66. The van der Waals surface area contributed by atoms with Gasteiger partial charge in [0.15, 0.2) is 0 Å². The maximum absolute atomic E-state index is 13.5. The molecule has 0 aliphatic carbocycles. The quantitative estimate of drug-likeness (QED) is 0.546. The molecule has 0 saturated heterocycles. The highest BCUT2D eigenvalue weighted by Crippen LogP contribution is 2.23. The van der Waals surface area contributed by atoms with Crippen LogP contribution in [-0.2, 0) is 10.5 Å². The summed E-state index contributed by atoms with van der Waals surface area (Å²) >= 11 is 3.17. The molecule has 0 aliphatic rings. The number of hydrogen-bond acceptors (Lipinski definition) is 3. The van der Waals surface area contributed by atoms with Crippen molar-refractivity contribution >= 4 is 29.4 Å². The maximum atomic E-state index is 13.5. The molecule has 1 N–H and O–H groups in total. The van der Waals surface area contributed by atoms with Crippen LogP contribution in [0.15, 0.2) is 53.4 Å². The van der Waals surface area contributed by atoms with Crippen LogP contribution in [-0.4, -0.2) is 23.5 Å². The molecule has 0 spiro atoms. The minimum absolute atomic E-state index is 0.0343. The van der Waals surface area contributed by atoms with E-state index in [1.807, 2.05) is 44.2 Å². The standard InChI is InChI=1S/C19H22FNOS2/c1-14-7-9-17(10-8-14)24-15(2)19(22)21-11-12-23-13-16-5-3-4-6-18(16)20/h3-10,15H,11-13H2,1-2H3,(H,21,22)/t15-/m0/s1. The number of amides is 1. The highest BCUT2D eigenvalue weighted by molar-refractivity contribution is 8.00. The van der Waals surface area contributed by atoms with Gasteiger partial charge in [-0.05, 0) is 37.6 Å². The van der Waals surface area contributed by atoms with Crippen LogP contribution >= 0.6 is 23.5 Å². The summed E-state index contributed by atoms with van der Waals surface area (Å²) in [6, 6.07) is 15.0. The van der Waals surface area contributed by atoms with Crippen LogP contribution < -0.4 is 5.32 Å².